The van der Waals surface area contributed by atoms with E-state index in [0.29, 0.717) is 32.3 Å². The van der Waals surface area contributed by atoms with Crippen LogP contribution in [-0.4, -0.2) is 62.6 Å². The van der Waals surface area contributed by atoms with Gasteiger partial charge in [0.05, 0.1) is 20.3 Å². The highest BCUT2D eigenvalue weighted by atomic mass is 16.5. The quantitative estimate of drug-likeness (QED) is 0.669. The lowest BCUT2D eigenvalue weighted by Crippen LogP contribution is -2.32. The van der Waals surface area contributed by atoms with Crippen LogP contribution in [0.5, 0.6) is 6.01 Å². The summed E-state index contributed by atoms with van der Waals surface area (Å²) in [6.07, 6.45) is 0. The standard InChI is InChI=1S/C10H19N5O3/c1-16-6-4-15(5-7-17-2)9-12-8(11)13-10(14-9)18-3/h4-7H2,1-3H3,(H2,11,12,13,14). The fraction of sp³-hybridized carbons (Fsp3) is 0.700. The zero-order valence-corrected chi connectivity index (χ0v) is 10.9. The Balaban J connectivity index is 2.84. The van der Waals surface area contributed by atoms with E-state index in [9.17, 15) is 0 Å². The highest BCUT2D eigenvalue weighted by molar-refractivity contribution is 5.35. The molecule has 0 saturated heterocycles. The van der Waals surface area contributed by atoms with Crippen molar-refractivity contribution < 1.29 is 14.2 Å². The van der Waals surface area contributed by atoms with E-state index >= 15 is 0 Å². The highest BCUT2D eigenvalue weighted by Crippen LogP contribution is 2.12. The van der Waals surface area contributed by atoms with Gasteiger partial charge in [-0.1, -0.05) is 0 Å². The molecule has 1 aromatic heterocycles. The number of hydrogen-bond acceptors (Lipinski definition) is 8. The first kappa shape index (κ1) is 14.4. The van der Waals surface area contributed by atoms with Crippen molar-refractivity contribution in [3.05, 3.63) is 0 Å². The van der Waals surface area contributed by atoms with Gasteiger partial charge >= 0.3 is 6.01 Å². The SMILES string of the molecule is COCCN(CCOC)c1nc(N)nc(OC)n1. The van der Waals surface area contributed by atoms with Crippen LogP contribution in [0, 0.1) is 0 Å². The van der Waals surface area contributed by atoms with Crippen LogP contribution in [0.3, 0.4) is 0 Å². The molecule has 0 saturated carbocycles. The maximum Gasteiger partial charge on any atom is 0.322 e. The van der Waals surface area contributed by atoms with Crippen LogP contribution < -0.4 is 15.4 Å². The molecule has 102 valence electrons. The molecule has 2 N–H and O–H groups in total. The van der Waals surface area contributed by atoms with Crippen LogP contribution in [0.2, 0.25) is 0 Å². The van der Waals surface area contributed by atoms with Gasteiger partial charge in [0.2, 0.25) is 11.9 Å². The molecule has 0 fully saturated rings. The third-order valence-electron chi connectivity index (χ3n) is 2.22. The molecule has 0 amide bonds. The maximum atomic E-state index is 5.60. The minimum atomic E-state index is 0.122. The van der Waals surface area contributed by atoms with Gasteiger partial charge in [0.15, 0.2) is 0 Å². The van der Waals surface area contributed by atoms with Gasteiger partial charge in [-0.2, -0.15) is 15.0 Å². The predicted molar refractivity (Wildman–Crippen MR) is 66.8 cm³/mol. The van der Waals surface area contributed by atoms with Crippen LogP contribution in [0.15, 0.2) is 0 Å². The Kier molecular flexibility index (Phi) is 6.09. The summed E-state index contributed by atoms with van der Waals surface area (Å²) in [6.45, 7) is 2.37. The van der Waals surface area contributed by atoms with E-state index in [2.05, 4.69) is 15.0 Å². The first-order valence-electron chi connectivity index (χ1n) is 5.49. The minimum Gasteiger partial charge on any atom is -0.467 e. The summed E-state index contributed by atoms with van der Waals surface area (Å²) in [5.74, 6) is 0.574. The molecule has 18 heavy (non-hydrogen) atoms. The molecule has 0 aliphatic heterocycles. The van der Waals surface area contributed by atoms with Crippen LogP contribution >= 0.6 is 0 Å². The Morgan fingerprint density at radius 3 is 2.11 bits per heavy atom. The second kappa shape index (κ2) is 7.62. The average Bonchev–Trinajstić information content (AvgIpc) is 2.38. The summed E-state index contributed by atoms with van der Waals surface area (Å²) < 4.78 is 15.1. The van der Waals surface area contributed by atoms with Crippen LogP contribution in [0.25, 0.3) is 0 Å². The lowest BCUT2D eigenvalue weighted by atomic mass is 10.5. The number of hydrogen-bond donors (Lipinski definition) is 1. The summed E-state index contributed by atoms with van der Waals surface area (Å²) in [5, 5.41) is 0. The molecule has 0 unspecified atom stereocenters. The Morgan fingerprint density at radius 2 is 1.61 bits per heavy atom. The first-order chi connectivity index (χ1) is 8.71. The van der Waals surface area contributed by atoms with E-state index in [1.54, 1.807) is 14.2 Å². The second-order valence-corrected chi connectivity index (χ2v) is 3.45. The van der Waals surface area contributed by atoms with Gasteiger partial charge in [0.1, 0.15) is 0 Å². The topological polar surface area (TPSA) is 95.6 Å². The number of aromatic nitrogens is 3. The zero-order valence-electron chi connectivity index (χ0n) is 10.9. The number of nitrogens with two attached hydrogens (primary N) is 1. The summed E-state index contributed by atoms with van der Waals surface area (Å²) >= 11 is 0. The molecule has 8 nitrogen and oxygen atoms in total. The molecule has 0 aromatic carbocycles. The lowest BCUT2D eigenvalue weighted by molar-refractivity contribution is 0.189. The summed E-state index contributed by atoms with van der Waals surface area (Å²) in [7, 11) is 4.75. The van der Waals surface area contributed by atoms with Crippen molar-refractivity contribution in [3.8, 4) is 6.01 Å². The Morgan fingerprint density at radius 1 is 1.00 bits per heavy atom. The molecule has 0 bridgehead atoms. The number of anilines is 2. The van der Waals surface area contributed by atoms with Gasteiger partial charge in [-0.3, -0.25) is 0 Å². The predicted octanol–water partition coefficient (Wildman–Crippen LogP) is -0.438. The Labute approximate surface area is 106 Å². The Bertz CT molecular complexity index is 355. The molecule has 1 rings (SSSR count). The zero-order chi connectivity index (χ0) is 13.4. The van der Waals surface area contributed by atoms with Gasteiger partial charge in [-0.05, 0) is 0 Å². The summed E-state index contributed by atoms with van der Waals surface area (Å²) in [5.41, 5.74) is 5.60. The number of methoxy groups -OCH3 is 3. The van der Waals surface area contributed by atoms with Crippen molar-refractivity contribution in [2.75, 3.05) is 58.3 Å². The average molecular weight is 257 g/mol. The number of nitrogen functional groups attached to an aromatic ring is 1. The minimum absolute atomic E-state index is 0.122. The van der Waals surface area contributed by atoms with E-state index in [1.165, 1.54) is 7.11 Å². The lowest BCUT2D eigenvalue weighted by Gasteiger charge is -2.21. The molecule has 1 aromatic rings. The maximum absolute atomic E-state index is 5.60. The molecule has 8 heteroatoms. The van der Waals surface area contributed by atoms with Crippen molar-refractivity contribution in [3.63, 3.8) is 0 Å². The monoisotopic (exact) mass is 257 g/mol. The molecular weight excluding hydrogens is 238 g/mol. The molecule has 1 heterocycles. The molecular formula is C10H19N5O3. The molecule has 0 aliphatic rings. The second-order valence-electron chi connectivity index (χ2n) is 3.45. The van der Waals surface area contributed by atoms with Gasteiger partial charge in [-0.25, -0.2) is 0 Å². The van der Waals surface area contributed by atoms with Crippen molar-refractivity contribution >= 4 is 11.9 Å². The summed E-state index contributed by atoms with van der Waals surface area (Å²) in [6, 6.07) is 0.192. The largest absolute Gasteiger partial charge is 0.467 e. The van der Waals surface area contributed by atoms with Crippen molar-refractivity contribution in [1.82, 2.24) is 15.0 Å². The van der Waals surface area contributed by atoms with E-state index in [4.69, 9.17) is 19.9 Å². The van der Waals surface area contributed by atoms with Gasteiger partial charge in [-0.15, -0.1) is 0 Å². The van der Waals surface area contributed by atoms with Crippen LogP contribution in [0.1, 0.15) is 0 Å². The van der Waals surface area contributed by atoms with E-state index in [0.717, 1.165) is 0 Å². The van der Waals surface area contributed by atoms with Crippen molar-refractivity contribution in [1.29, 1.82) is 0 Å². The molecule has 0 atom stereocenters. The van der Waals surface area contributed by atoms with Crippen molar-refractivity contribution in [2.45, 2.75) is 0 Å². The van der Waals surface area contributed by atoms with Gasteiger partial charge in [0, 0.05) is 27.3 Å². The molecule has 0 spiro atoms. The molecule has 0 aliphatic carbocycles. The van der Waals surface area contributed by atoms with Gasteiger partial charge < -0.3 is 24.8 Å². The number of nitrogens with zero attached hydrogens (tertiary/aromatic N) is 4. The van der Waals surface area contributed by atoms with Crippen LogP contribution in [-0.2, 0) is 9.47 Å². The molecule has 0 radical (unpaired) electrons. The Hall–Kier alpha value is -1.67. The van der Waals surface area contributed by atoms with E-state index < -0.39 is 0 Å². The van der Waals surface area contributed by atoms with E-state index in [-0.39, 0.29) is 12.0 Å². The number of rotatable bonds is 8. The van der Waals surface area contributed by atoms with Gasteiger partial charge in [0.25, 0.3) is 0 Å². The van der Waals surface area contributed by atoms with Crippen molar-refractivity contribution in [2.24, 2.45) is 0 Å². The fourth-order valence-electron chi connectivity index (χ4n) is 1.31. The number of ether oxygens (including phenoxy) is 3. The first-order valence-corrected chi connectivity index (χ1v) is 5.49. The fourth-order valence-corrected chi connectivity index (χ4v) is 1.31. The van der Waals surface area contributed by atoms with E-state index in [1.807, 2.05) is 4.90 Å². The third-order valence-corrected chi connectivity index (χ3v) is 2.22. The third kappa shape index (κ3) is 4.30. The summed E-state index contributed by atoms with van der Waals surface area (Å²) in [4.78, 5) is 14.0. The van der Waals surface area contributed by atoms with Crippen LogP contribution in [0.4, 0.5) is 11.9 Å². The smallest absolute Gasteiger partial charge is 0.322 e. The normalized spacial score (nSPS) is 10.4. The highest BCUT2D eigenvalue weighted by Gasteiger charge is 2.12.